The molecular formula is C8H6ClN3O2S. The molecule has 0 fully saturated rings. The van der Waals surface area contributed by atoms with Gasteiger partial charge in [0.05, 0.1) is 12.7 Å². The lowest BCUT2D eigenvalue weighted by Crippen LogP contribution is -2.22. The van der Waals surface area contributed by atoms with Crippen LogP contribution in [0.1, 0.15) is 16.2 Å². The number of nitrogens with zero attached hydrogens (tertiary/aromatic N) is 2. The van der Waals surface area contributed by atoms with Crippen LogP contribution >= 0.6 is 22.9 Å². The Morgan fingerprint density at radius 3 is 3.13 bits per heavy atom. The van der Waals surface area contributed by atoms with Crippen molar-refractivity contribution in [1.82, 2.24) is 15.5 Å². The van der Waals surface area contributed by atoms with E-state index in [4.69, 9.17) is 16.1 Å². The third-order valence-electron chi connectivity index (χ3n) is 1.62. The van der Waals surface area contributed by atoms with E-state index in [9.17, 15) is 4.79 Å². The highest BCUT2D eigenvalue weighted by Gasteiger charge is 2.09. The third kappa shape index (κ3) is 2.54. The van der Waals surface area contributed by atoms with Crippen LogP contribution in [0.5, 0.6) is 0 Å². The zero-order valence-electron chi connectivity index (χ0n) is 7.44. The molecule has 0 radical (unpaired) electrons. The summed E-state index contributed by atoms with van der Waals surface area (Å²) in [4.78, 5) is 15.3. The number of thiazole rings is 1. The van der Waals surface area contributed by atoms with Crippen LogP contribution in [0.4, 0.5) is 0 Å². The van der Waals surface area contributed by atoms with E-state index in [2.05, 4.69) is 15.5 Å². The van der Waals surface area contributed by atoms with Gasteiger partial charge in [-0.1, -0.05) is 16.8 Å². The fourth-order valence-corrected chi connectivity index (χ4v) is 1.69. The first-order chi connectivity index (χ1) is 7.25. The Balaban J connectivity index is 1.93. The molecule has 0 spiro atoms. The normalized spacial score (nSPS) is 10.2. The number of nitrogens with one attached hydrogen (secondary N) is 1. The Morgan fingerprint density at radius 1 is 1.67 bits per heavy atom. The predicted octanol–water partition coefficient (Wildman–Crippen LogP) is 1.71. The van der Waals surface area contributed by atoms with E-state index in [1.54, 1.807) is 11.4 Å². The predicted molar refractivity (Wildman–Crippen MR) is 54.8 cm³/mol. The molecule has 0 aliphatic rings. The zero-order chi connectivity index (χ0) is 10.7. The molecule has 0 atom stereocenters. The van der Waals surface area contributed by atoms with Crippen LogP contribution in [0.15, 0.2) is 22.2 Å². The maximum Gasteiger partial charge on any atom is 0.271 e. The van der Waals surface area contributed by atoms with Crippen molar-refractivity contribution in [3.63, 3.8) is 0 Å². The molecule has 0 aliphatic carbocycles. The second kappa shape index (κ2) is 4.41. The van der Waals surface area contributed by atoms with Crippen LogP contribution in [0, 0.1) is 0 Å². The molecule has 1 amide bonds. The number of amides is 1. The number of carbonyl (C=O) groups excluding carboxylic acids is 1. The molecule has 2 heterocycles. The highest BCUT2D eigenvalue weighted by atomic mass is 35.5. The molecule has 2 aromatic heterocycles. The maximum atomic E-state index is 11.5. The summed E-state index contributed by atoms with van der Waals surface area (Å²) in [5.74, 6) is 0.305. The van der Waals surface area contributed by atoms with E-state index in [0.717, 1.165) is 0 Å². The lowest BCUT2D eigenvalue weighted by Gasteiger charge is -1.98. The molecule has 0 aromatic carbocycles. The van der Waals surface area contributed by atoms with Gasteiger partial charge in [-0.15, -0.1) is 11.3 Å². The van der Waals surface area contributed by atoms with E-state index in [0.29, 0.717) is 15.9 Å². The van der Waals surface area contributed by atoms with Crippen molar-refractivity contribution in [3.8, 4) is 0 Å². The van der Waals surface area contributed by atoms with Gasteiger partial charge in [0.1, 0.15) is 5.69 Å². The Bertz CT molecular complexity index is 454. The monoisotopic (exact) mass is 243 g/mol. The average molecular weight is 244 g/mol. The molecule has 0 aliphatic heterocycles. The SMILES string of the molecule is O=C(NCc1ccno1)c1csc(Cl)n1. The molecule has 78 valence electrons. The highest BCUT2D eigenvalue weighted by molar-refractivity contribution is 7.14. The molecule has 15 heavy (non-hydrogen) atoms. The van der Waals surface area contributed by atoms with Crippen molar-refractivity contribution in [2.75, 3.05) is 0 Å². The molecular weight excluding hydrogens is 238 g/mol. The Kier molecular flexibility index (Phi) is 2.98. The van der Waals surface area contributed by atoms with Crippen molar-refractivity contribution >= 4 is 28.8 Å². The van der Waals surface area contributed by atoms with Gasteiger partial charge in [-0.2, -0.15) is 0 Å². The smallest absolute Gasteiger partial charge is 0.271 e. The van der Waals surface area contributed by atoms with Gasteiger partial charge in [0.25, 0.3) is 5.91 Å². The average Bonchev–Trinajstić information content (AvgIpc) is 2.84. The van der Waals surface area contributed by atoms with Crippen LogP contribution in [-0.4, -0.2) is 16.0 Å². The number of aromatic nitrogens is 2. The number of carbonyl (C=O) groups is 1. The minimum Gasteiger partial charge on any atom is -0.360 e. The molecule has 2 rings (SSSR count). The summed E-state index contributed by atoms with van der Waals surface area (Å²) >= 11 is 6.82. The van der Waals surface area contributed by atoms with Gasteiger partial charge in [-0.05, 0) is 0 Å². The molecule has 1 N–H and O–H groups in total. The first-order valence-electron chi connectivity index (χ1n) is 4.04. The Morgan fingerprint density at radius 2 is 2.53 bits per heavy atom. The summed E-state index contributed by atoms with van der Waals surface area (Å²) in [7, 11) is 0. The second-order valence-corrected chi connectivity index (χ2v) is 4.09. The van der Waals surface area contributed by atoms with Crippen molar-refractivity contribution in [2.45, 2.75) is 6.54 Å². The van der Waals surface area contributed by atoms with Gasteiger partial charge in [-0.3, -0.25) is 4.79 Å². The fraction of sp³-hybridized carbons (Fsp3) is 0.125. The molecule has 0 bridgehead atoms. The molecule has 0 saturated heterocycles. The maximum absolute atomic E-state index is 11.5. The van der Waals surface area contributed by atoms with Gasteiger partial charge >= 0.3 is 0 Å². The Hall–Kier alpha value is -1.40. The highest BCUT2D eigenvalue weighted by Crippen LogP contribution is 2.14. The summed E-state index contributed by atoms with van der Waals surface area (Å²) in [5, 5.41) is 7.74. The van der Waals surface area contributed by atoms with Gasteiger partial charge in [-0.25, -0.2) is 4.98 Å². The van der Waals surface area contributed by atoms with Crippen molar-refractivity contribution in [3.05, 3.63) is 33.6 Å². The van der Waals surface area contributed by atoms with Gasteiger partial charge in [0.2, 0.25) is 0 Å². The van der Waals surface area contributed by atoms with E-state index in [1.807, 2.05) is 0 Å². The number of halogens is 1. The van der Waals surface area contributed by atoms with Crippen LogP contribution in [0.3, 0.4) is 0 Å². The van der Waals surface area contributed by atoms with E-state index < -0.39 is 0 Å². The standard InChI is InChI=1S/C8H6ClN3O2S/c9-8-12-6(4-15-8)7(13)10-3-5-1-2-11-14-5/h1-2,4H,3H2,(H,10,13). The van der Waals surface area contributed by atoms with E-state index in [1.165, 1.54) is 17.5 Å². The molecule has 7 heteroatoms. The first-order valence-corrected chi connectivity index (χ1v) is 5.30. The summed E-state index contributed by atoms with van der Waals surface area (Å²) in [6.45, 7) is 0.286. The summed E-state index contributed by atoms with van der Waals surface area (Å²) in [5.41, 5.74) is 0.310. The summed E-state index contributed by atoms with van der Waals surface area (Å²) in [6.07, 6.45) is 1.52. The van der Waals surface area contributed by atoms with Crippen LogP contribution in [0.2, 0.25) is 4.47 Å². The van der Waals surface area contributed by atoms with Gasteiger partial charge < -0.3 is 9.84 Å². The number of rotatable bonds is 3. The van der Waals surface area contributed by atoms with Crippen molar-refractivity contribution in [2.24, 2.45) is 0 Å². The summed E-state index contributed by atoms with van der Waals surface area (Å²) in [6, 6.07) is 1.67. The number of hydrogen-bond acceptors (Lipinski definition) is 5. The number of hydrogen-bond donors (Lipinski definition) is 1. The minimum absolute atomic E-state index is 0.283. The van der Waals surface area contributed by atoms with Crippen molar-refractivity contribution < 1.29 is 9.32 Å². The van der Waals surface area contributed by atoms with Gasteiger partial charge in [0.15, 0.2) is 10.2 Å². The van der Waals surface area contributed by atoms with Crippen LogP contribution in [-0.2, 0) is 6.54 Å². The second-order valence-electron chi connectivity index (χ2n) is 2.65. The summed E-state index contributed by atoms with van der Waals surface area (Å²) < 4.78 is 5.16. The molecule has 0 unspecified atom stereocenters. The van der Waals surface area contributed by atoms with Gasteiger partial charge in [0, 0.05) is 11.4 Å². The van der Waals surface area contributed by atoms with Crippen molar-refractivity contribution in [1.29, 1.82) is 0 Å². The minimum atomic E-state index is -0.283. The van der Waals surface area contributed by atoms with E-state index in [-0.39, 0.29) is 12.5 Å². The molecule has 0 saturated carbocycles. The fourth-order valence-electron chi connectivity index (χ4n) is 0.947. The lowest BCUT2D eigenvalue weighted by atomic mass is 10.4. The zero-order valence-corrected chi connectivity index (χ0v) is 9.01. The lowest BCUT2D eigenvalue weighted by molar-refractivity contribution is 0.0943. The largest absolute Gasteiger partial charge is 0.360 e. The molecule has 2 aromatic rings. The van der Waals surface area contributed by atoms with Crippen LogP contribution in [0.25, 0.3) is 0 Å². The van der Waals surface area contributed by atoms with E-state index >= 15 is 0 Å². The molecule has 5 nitrogen and oxygen atoms in total. The topological polar surface area (TPSA) is 68.0 Å². The Labute approximate surface area is 94.1 Å². The quantitative estimate of drug-likeness (QED) is 0.891. The first kappa shape index (κ1) is 10.1. The van der Waals surface area contributed by atoms with Crippen LogP contribution < -0.4 is 5.32 Å². The third-order valence-corrected chi connectivity index (χ3v) is 2.60.